The number of hydrogen-bond acceptors (Lipinski definition) is 3. The van der Waals surface area contributed by atoms with Crippen LogP contribution in [0.2, 0.25) is 0 Å². The lowest BCUT2D eigenvalue weighted by Gasteiger charge is -2.17. The van der Waals surface area contributed by atoms with Crippen LogP contribution in [0.4, 0.5) is 5.69 Å². The summed E-state index contributed by atoms with van der Waals surface area (Å²) in [5.74, 6) is -0.117. The van der Waals surface area contributed by atoms with E-state index in [-0.39, 0.29) is 24.9 Å². The van der Waals surface area contributed by atoms with E-state index >= 15 is 0 Å². The fourth-order valence-corrected chi connectivity index (χ4v) is 2.24. The lowest BCUT2D eigenvalue weighted by atomic mass is 10.1. The van der Waals surface area contributed by atoms with Crippen molar-refractivity contribution in [2.75, 3.05) is 25.5 Å². The molecule has 2 amide bonds. The Morgan fingerprint density at radius 3 is 2.29 bits per heavy atom. The summed E-state index contributed by atoms with van der Waals surface area (Å²) in [5, 5.41) is 5.84. The molecule has 21 heavy (non-hydrogen) atoms. The fourth-order valence-electron chi connectivity index (χ4n) is 2.24. The first kappa shape index (κ1) is 15.5. The van der Waals surface area contributed by atoms with E-state index in [4.69, 9.17) is 0 Å². The Morgan fingerprint density at radius 1 is 1.14 bits per heavy atom. The number of benzene rings is 1. The van der Waals surface area contributed by atoms with Crippen LogP contribution in [0.25, 0.3) is 0 Å². The Morgan fingerprint density at radius 2 is 1.71 bits per heavy atom. The zero-order valence-corrected chi connectivity index (χ0v) is 12.9. The summed E-state index contributed by atoms with van der Waals surface area (Å²) in [6, 6.07) is 6.26. The second-order valence-electron chi connectivity index (χ2n) is 5.83. The largest absolute Gasteiger partial charge is 0.352 e. The molecular weight excluding hydrogens is 266 g/mol. The number of hydrogen-bond donors (Lipinski definition) is 2. The normalized spacial score (nSPS) is 14.1. The van der Waals surface area contributed by atoms with E-state index in [1.807, 2.05) is 32.0 Å². The zero-order chi connectivity index (χ0) is 15.4. The van der Waals surface area contributed by atoms with Crippen LogP contribution in [0.3, 0.4) is 0 Å². The number of amides is 2. The summed E-state index contributed by atoms with van der Waals surface area (Å²) in [6.45, 7) is 4.38. The summed E-state index contributed by atoms with van der Waals surface area (Å²) >= 11 is 0. The van der Waals surface area contributed by atoms with Gasteiger partial charge < -0.3 is 10.6 Å². The molecule has 1 aliphatic rings. The molecule has 5 heteroatoms. The minimum Gasteiger partial charge on any atom is -0.352 e. The summed E-state index contributed by atoms with van der Waals surface area (Å²) in [6.07, 6.45) is 2.14. The third kappa shape index (κ3) is 4.86. The molecule has 1 aromatic rings. The molecule has 2 rings (SSSR count). The molecule has 0 aliphatic heterocycles. The molecule has 0 saturated heterocycles. The number of nitrogens with one attached hydrogen (secondary N) is 2. The standard InChI is InChI=1S/C16H23N3O2/c1-11-5-4-6-12(2)16(11)18-15(21)10-19(3)9-14(20)17-13-7-8-13/h4-6,13H,7-10H2,1-3H3,(H,17,20)(H,18,21). The van der Waals surface area contributed by atoms with Gasteiger partial charge in [-0.15, -0.1) is 0 Å². The van der Waals surface area contributed by atoms with Gasteiger partial charge in [0.2, 0.25) is 11.8 Å². The van der Waals surface area contributed by atoms with E-state index in [0.717, 1.165) is 29.7 Å². The number of para-hydroxylation sites is 1. The van der Waals surface area contributed by atoms with E-state index in [0.29, 0.717) is 6.04 Å². The van der Waals surface area contributed by atoms with Crippen molar-refractivity contribution in [1.82, 2.24) is 10.2 Å². The van der Waals surface area contributed by atoms with E-state index in [1.165, 1.54) is 0 Å². The third-order valence-electron chi connectivity index (χ3n) is 3.52. The van der Waals surface area contributed by atoms with Crippen molar-refractivity contribution in [1.29, 1.82) is 0 Å². The van der Waals surface area contributed by atoms with Gasteiger partial charge in [-0.3, -0.25) is 14.5 Å². The number of likely N-dealkylation sites (N-methyl/N-ethyl adjacent to an activating group) is 1. The second-order valence-corrected chi connectivity index (χ2v) is 5.83. The Hall–Kier alpha value is -1.88. The van der Waals surface area contributed by atoms with Crippen molar-refractivity contribution in [3.05, 3.63) is 29.3 Å². The average molecular weight is 289 g/mol. The molecule has 1 aromatic carbocycles. The molecule has 0 radical (unpaired) electrons. The summed E-state index contributed by atoms with van der Waals surface area (Å²) in [7, 11) is 1.77. The maximum absolute atomic E-state index is 12.1. The topological polar surface area (TPSA) is 61.4 Å². The smallest absolute Gasteiger partial charge is 0.238 e. The van der Waals surface area contributed by atoms with Crippen molar-refractivity contribution in [2.24, 2.45) is 0 Å². The Labute approximate surface area is 125 Å². The first-order valence-electron chi connectivity index (χ1n) is 7.29. The minimum absolute atomic E-state index is 0.0140. The highest BCUT2D eigenvalue weighted by atomic mass is 16.2. The summed E-state index contributed by atoms with van der Waals surface area (Å²) in [4.78, 5) is 25.4. The molecule has 1 saturated carbocycles. The lowest BCUT2D eigenvalue weighted by Crippen LogP contribution is -2.39. The summed E-state index contributed by atoms with van der Waals surface area (Å²) in [5.41, 5.74) is 2.94. The monoisotopic (exact) mass is 289 g/mol. The van der Waals surface area contributed by atoms with Crippen molar-refractivity contribution < 1.29 is 9.59 Å². The third-order valence-corrected chi connectivity index (χ3v) is 3.52. The number of carbonyl (C=O) groups excluding carboxylic acids is 2. The number of aryl methyl sites for hydroxylation is 2. The highest BCUT2D eigenvalue weighted by Crippen LogP contribution is 2.19. The first-order chi connectivity index (χ1) is 9.95. The van der Waals surface area contributed by atoms with Gasteiger partial charge in [0.1, 0.15) is 0 Å². The maximum atomic E-state index is 12.1. The Kier molecular flexibility index (Phi) is 4.96. The molecule has 0 bridgehead atoms. The molecule has 0 atom stereocenters. The van der Waals surface area contributed by atoms with Crippen molar-refractivity contribution in [3.63, 3.8) is 0 Å². The molecule has 2 N–H and O–H groups in total. The van der Waals surface area contributed by atoms with E-state index in [1.54, 1.807) is 11.9 Å². The highest BCUT2D eigenvalue weighted by Gasteiger charge is 2.23. The highest BCUT2D eigenvalue weighted by molar-refractivity contribution is 5.94. The number of anilines is 1. The number of rotatable bonds is 6. The van der Waals surface area contributed by atoms with E-state index in [2.05, 4.69) is 10.6 Å². The van der Waals surface area contributed by atoms with Crippen LogP contribution in [-0.2, 0) is 9.59 Å². The van der Waals surface area contributed by atoms with Crippen molar-refractivity contribution in [2.45, 2.75) is 32.7 Å². The average Bonchev–Trinajstić information content (AvgIpc) is 3.17. The van der Waals surface area contributed by atoms with Crippen LogP contribution in [0.1, 0.15) is 24.0 Å². The van der Waals surface area contributed by atoms with Gasteiger partial charge in [0.25, 0.3) is 0 Å². The lowest BCUT2D eigenvalue weighted by molar-refractivity contribution is -0.123. The Balaban J connectivity index is 1.81. The minimum atomic E-state index is -0.103. The quantitative estimate of drug-likeness (QED) is 0.833. The van der Waals surface area contributed by atoms with Gasteiger partial charge in [0.15, 0.2) is 0 Å². The van der Waals surface area contributed by atoms with Gasteiger partial charge in [-0.2, -0.15) is 0 Å². The molecule has 1 aliphatic carbocycles. The molecule has 0 unspecified atom stereocenters. The van der Waals surface area contributed by atoms with E-state index in [9.17, 15) is 9.59 Å². The molecular formula is C16H23N3O2. The molecule has 5 nitrogen and oxygen atoms in total. The van der Waals surface area contributed by atoms with Crippen LogP contribution in [0.15, 0.2) is 18.2 Å². The molecule has 114 valence electrons. The number of carbonyl (C=O) groups is 2. The molecule has 1 fully saturated rings. The van der Waals surface area contributed by atoms with Crippen molar-refractivity contribution in [3.8, 4) is 0 Å². The molecule has 0 spiro atoms. The zero-order valence-electron chi connectivity index (χ0n) is 12.9. The van der Waals surface area contributed by atoms with Gasteiger partial charge in [0, 0.05) is 11.7 Å². The predicted octanol–water partition coefficient (Wildman–Crippen LogP) is 1.45. The summed E-state index contributed by atoms with van der Waals surface area (Å²) < 4.78 is 0. The van der Waals surface area contributed by atoms with E-state index < -0.39 is 0 Å². The second kappa shape index (κ2) is 6.72. The van der Waals surface area contributed by atoms with Gasteiger partial charge in [0.05, 0.1) is 13.1 Å². The van der Waals surface area contributed by atoms with Crippen molar-refractivity contribution >= 4 is 17.5 Å². The first-order valence-corrected chi connectivity index (χ1v) is 7.29. The Bertz CT molecular complexity index is 518. The van der Waals surface area contributed by atoms with Crippen LogP contribution in [-0.4, -0.2) is 42.9 Å². The fraction of sp³-hybridized carbons (Fsp3) is 0.500. The van der Waals surface area contributed by atoms with Crippen LogP contribution >= 0.6 is 0 Å². The van der Waals surface area contributed by atoms with Gasteiger partial charge >= 0.3 is 0 Å². The van der Waals surface area contributed by atoms with Crippen LogP contribution in [0, 0.1) is 13.8 Å². The maximum Gasteiger partial charge on any atom is 0.238 e. The molecule has 0 aromatic heterocycles. The predicted molar refractivity (Wildman–Crippen MR) is 83.2 cm³/mol. The van der Waals surface area contributed by atoms with Gasteiger partial charge in [-0.25, -0.2) is 0 Å². The SMILES string of the molecule is Cc1cccc(C)c1NC(=O)CN(C)CC(=O)NC1CC1. The number of nitrogens with zero attached hydrogens (tertiary/aromatic N) is 1. The molecule has 0 heterocycles. The van der Waals surface area contributed by atoms with Crippen LogP contribution in [0.5, 0.6) is 0 Å². The van der Waals surface area contributed by atoms with Gasteiger partial charge in [-0.1, -0.05) is 18.2 Å². The van der Waals surface area contributed by atoms with Crippen LogP contribution < -0.4 is 10.6 Å². The van der Waals surface area contributed by atoms with Gasteiger partial charge in [-0.05, 0) is 44.9 Å².